The minimum absolute atomic E-state index is 0.00232. The summed E-state index contributed by atoms with van der Waals surface area (Å²) in [7, 11) is 1.64. The number of amides is 4. The number of nitrogens with zero attached hydrogens (tertiary/aromatic N) is 4. The summed E-state index contributed by atoms with van der Waals surface area (Å²) >= 11 is 0. The Labute approximate surface area is 476 Å². The summed E-state index contributed by atoms with van der Waals surface area (Å²) in [6, 6.07) is 1.08. The van der Waals surface area contributed by atoms with Gasteiger partial charge in [-0.15, -0.1) is 0 Å². The van der Waals surface area contributed by atoms with E-state index in [1.54, 1.807) is 40.3 Å². The molecule has 0 aromatic heterocycles. The van der Waals surface area contributed by atoms with Crippen LogP contribution in [0.4, 0.5) is 22.7 Å². The van der Waals surface area contributed by atoms with Crippen LogP contribution in [0.2, 0.25) is 0 Å². The highest BCUT2D eigenvalue weighted by Gasteiger charge is 2.65. The molecule has 0 saturated carbocycles. The second kappa shape index (κ2) is 23.4. The number of primary amides is 2. The van der Waals surface area contributed by atoms with Gasteiger partial charge in [-0.1, -0.05) is 0 Å². The van der Waals surface area contributed by atoms with Crippen LogP contribution >= 0.6 is 0 Å². The van der Waals surface area contributed by atoms with Gasteiger partial charge in [0.15, 0.2) is 34.3 Å². The van der Waals surface area contributed by atoms with E-state index in [0.29, 0.717) is 48.7 Å². The molecule has 0 heterocycles. The summed E-state index contributed by atoms with van der Waals surface area (Å²) in [4.78, 5) is 110. The van der Waals surface area contributed by atoms with Crippen molar-refractivity contribution in [1.82, 2.24) is 9.80 Å². The Morgan fingerprint density at radius 2 is 0.880 bits per heavy atom. The number of Topliss-reactive ketones (excluding diaryl/α,β-unsaturated/α-hetero) is 4. The number of hydrogen-bond donors (Lipinski definition) is 14. The first-order valence-corrected chi connectivity index (χ1v) is 27.7. The van der Waals surface area contributed by atoms with E-state index in [9.17, 15) is 79.2 Å². The van der Waals surface area contributed by atoms with Crippen LogP contribution in [0.3, 0.4) is 0 Å². The number of nitrogens with two attached hydrogens (primary N) is 2. The smallest absolute Gasteiger partial charge is 0.394 e. The van der Waals surface area contributed by atoms with E-state index in [1.807, 2.05) is 37.5 Å². The first-order chi connectivity index (χ1) is 38.4. The van der Waals surface area contributed by atoms with Crippen LogP contribution in [-0.2, 0) is 52.0 Å². The number of ketones is 4. The summed E-state index contributed by atoms with van der Waals surface area (Å²) in [5.74, 6) is -15.4. The highest BCUT2D eigenvalue weighted by atomic mass is 32.3. The highest BCUT2D eigenvalue weighted by molar-refractivity contribution is 7.79. The number of carbonyl (C=O) groups is 8. The van der Waals surface area contributed by atoms with Gasteiger partial charge in [0.05, 0.1) is 34.6 Å². The Hall–Kier alpha value is -7.93. The lowest BCUT2D eigenvalue weighted by atomic mass is 9.58. The second-order valence-electron chi connectivity index (χ2n) is 21.4. The lowest BCUT2D eigenvalue weighted by Gasteiger charge is -2.50. The van der Waals surface area contributed by atoms with Crippen LogP contribution in [0, 0.1) is 23.7 Å². The van der Waals surface area contributed by atoms with Crippen molar-refractivity contribution < 1.29 is 96.7 Å². The fourth-order valence-electron chi connectivity index (χ4n) is 12.9. The van der Waals surface area contributed by atoms with Gasteiger partial charge in [-0.25, -0.2) is 0 Å². The first-order valence-electron chi connectivity index (χ1n) is 26.3. The summed E-state index contributed by atoms with van der Waals surface area (Å²) < 4.78 is 31.6. The zero-order chi connectivity index (χ0) is 62.8. The lowest BCUT2D eigenvalue weighted by molar-refractivity contribution is -0.149. The SMILES string of the molecule is CCN(CC)c1cc(NC(C)=O)c(O)c2c1CC1CC3[C@H](N(C)C)C(O)=C(C(N)=O)C(=O)C3(O)C(O)=C1C2=O.CCN(CC)c1cc(NC(C)=O)c(O)c2c1CC1CC3[C@H](N(C)C)C(O)=C(C(N)=O)C(=O)C3(O)C(O)=C1C2=O.O=S(=O)(O)O. The Bertz CT molecular complexity index is 3180. The van der Waals surface area contributed by atoms with Crippen molar-refractivity contribution in [3.63, 3.8) is 0 Å². The largest absolute Gasteiger partial charge is 0.510 e. The summed E-state index contributed by atoms with van der Waals surface area (Å²) in [6.07, 6.45) is 0.317. The third-order valence-corrected chi connectivity index (χ3v) is 16.2. The molecule has 8 atom stereocenters. The zero-order valence-electron chi connectivity index (χ0n) is 47.2. The zero-order valence-corrected chi connectivity index (χ0v) is 48.0. The number of likely N-dealkylation sites (N-methyl/N-ethyl adjacent to an activating group) is 2. The number of anilines is 4. The quantitative estimate of drug-likeness (QED) is 0.0806. The third kappa shape index (κ3) is 10.9. The number of phenolic OH excluding ortho intramolecular Hbond substituents is 2. The van der Waals surface area contributed by atoms with Crippen molar-refractivity contribution in [3.05, 3.63) is 79.7 Å². The molecular weight excluding hydrogens is 1110 g/mol. The molecule has 0 aliphatic heterocycles. The van der Waals surface area contributed by atoms with Crippen molar-refractivity contribution >= 4 is 79.9 Å². The molecule has 2 aromatic carbocycles. The number of aliphatic hydroxyl groups is 6. The molecule has 16 N–H and O–H groups in total. The van der Waals surface area contributed by atoms with Gasteiger partial charge in [0.25, 0.3) is 11.8 Å². The van der Waals surface area contributed by atoms with Crippen LogP contribution in [0.5, 0.6) is 11.5 Å². The van der Waals surface area contributed by atoms with Crippen LogP contribution in [0.1, 0.15) is 86.2 Å². The topological polar surface area (TPSA) is 462 Å². The van der Waals surface area contributed by atoms with Crippen LogP contribution < -0.4 is 31.9 Å². The van der Waals surface area contributed by atoms with Crippen molar-refractivity contribution in [2.24, 2.45) is 35.1 Å². The Morgan fingerprint density at radius 1 is 0.590 bits per heavy atom. The molecule has 83 heavy (non-hydrogen) atoms. The van der Waals surface area contributed by atoms with E-state index in [4.69, 9.17) is 29.0 Å². The maximum atomic E-state index is 14.0. The fraction of sp³-hybridized carbons (Fsp3) is 0.481. The molecule has 0 spiro atoms. The van der Waals surface area contributed by atoms with Crippen LogP contribution in [0.25, 0.3) is 0 Å². The van der Waals surface area contributed by atoms with Gasteiger partial charge < -0.3 is 72.8 Å². The number of carbonyl (C=O) groups excluding carboxylic acids is 8. The molecule has 6 aliphatic rings. The van der Waals surface area contributed by atoms with Crippen molar-refractivity contribution in [2.75, 3.05) is 74.8 Å². The van der Waals surface area contributed by atoms with E-state index in [0.717, 1.165) is 0 Å². The normalized spacial score (nSPS) is 25.4. The second-order valence-corrected chi connectivity index (χ2v) is 22.3. The van der Waals surface area contributed by atoms with Crippen LogP contribution in [0.15, 0.2) is 57.5 Å². The lowest BCUT2D eigenvalue weighted by Crippen LogP contribution is -2.63. The minimum Gasteiger partial charge on any atom is -0.510 e. The Morgan fingerprint density at radius 3 is 1.12 bits per heavy atom. The predicted octanol–water partition coefficient (Wildman–Crippen LogP) is 1.20. The van der Waals surface area contributed by atoms with Crippen molar-refractivity contribution in [1.29, 1.82) is 0 Å². The molecule has 0 saturated heterocycles. The summed E-state index contributed by atoms with van der Waals surface area (Å²) in [5.41, 5.74) is 5.04. The highest BCUT2D eigenvalue weighted by Crippen LogP contribution is 2.56. The number of fused-ring (bicyclic) bond motifs is 6. The molecule has 28 nitrogen and oxygen atoms in total. The molecule has 2 aromatic rings. The number of benzene rings is 2. The van der Waals surface area contributed by atoms with E-state index < -0.39 is 150 Å². The molecule has 0 bridgehead atoms. The summed E-state index contributed by atoms with van der Waals surface area (Å²) in [5, 5.41) is 95.3. The molecule has 452 valence electrons. The molecule has 6 unspecified atom stereocenters. The van der Waals surface area contributed by atoms with Crippen molar-refractivity contribution in [2.45, 2.75) is 90.5 Å². The maximum Gasteiger partial charge on any atom is 0.394 e. The van der Waals surface area contributed by atoms with Gasteiger partial charge in [0.2, 0.25) is 23.4 Å². The molecule has 8 rings (SSSR count). The average Bonchev–Trinajstić information content (AvgIpc) is 0.782. The van der Waals surface area contributed by atoms with Gasteiger partial charge in [-0.2, -0.15) is 8.42 Å². The first kappa shape index (κ1) is 64.2. The van der Waals surface area contributed by atoms with Gasteiger partial charge in [-0.3, -0.25) is 57.3 Å². The van der Waals surface area contributed by atoms with E-state index in [-0.39, 0.29) is 59.3 Å². The number of allylic oxidation sites excluding steroid dienone is 2. The van der Waals surface area contributed by atoms with E-state index in [2.05, 4.69) is 10.6 Å². The van der Waals surface area contributed by atoms with Crippen LogP contribution in [-0.4, -0.2) is 193 Å². The number of hydrogen-bond acceptors (Lipinski definition) is 22. The number of aromatic hydroxyl groups is 2. The van der Waals surface area contributed by atoms with E-state index >= 15 is 0 Å². The number of aliphatic hydroxyl groups excluding tert-OH is 4. The number of rotatable bonds is 12. The number of phenols is 2. The third-order valence-electron chi connectivity index (χ3n) is 16.2. The van der Waals surface area contributed by atoms with Gasteiger partial charge >= 0.3 is 10.4 Å². The molecular formula is C54H70N8O20S. The fourth-order valence-corrected chi connectivity index (χ4v) is 12.9. The predicted molar refractivity (Wildman–Crippen MR) is 297 cm³/mol. The molecule has 6 aliphatic carbocycles. The maximum absolute atomic E-state index is 14.0. The Kier molecular flexibility index (Phi) is 18.1. The Balaban J connectivity index is 0.000000246. The van der Waals surface area contributed by atoms with E-state index in [1.165, 1.54) is 23.6 Å². The number of nitrogens with one attached hydrogen (secondary N) is 2. The standard InChI is InChI=1S/2C27H34N4O8.H2O4S/c2*1-6-31(7-2)16-10-15(29-11(3)32)21(33)18-13(16)8-12-9-14-20(30(4)5)23(35)19(26(28)38)25(37)27(14,39)24(36)17(12)22(18)34;1-5(2,3)4/h2*10,12,14,20,33,35-36,39H,6-9H2,1-5H3,(H2,28,38)(H,29,32);(H2,1,2,3,4)/t2*12?,14?,20-,27?;/m00./s1. The van der Waals surface area contributed by atoms with Crippen molar-refractivity contribution in [3.8, 4) is 11.5 Å². The molecule has 0 fully saturated rings. The monoisotopic (exact) mass is 1180 g/mol. The van der Waals surface area contributed by atoms with Gasteiger partial charge in [0.1, 0.15) is 34.2 Å². The summed E-state index contributed by atoms with van der Waals surface area (Å²) in [6.45, 7) is 12.5. The van der Waals surface area contributed by atoms with Gasteiger partial charge in [-0.05, 0) is 117 Å². The minimum atomic E-state index is -4.67. The molecule has 29 heteroatoms. The van der Waals surface area contributed by atoms with Gasteiger partial charge in [0, 0.05) is 74.4 Å². The molecule has 4 amide bonds. The molecule has 0 radical (unpaired) electrons. The average molecular weight is 1180 g/mol.